The third kappa shape index (κ3) is 1.73. The number of aromatic nitrogens is 3. The molecule has 116 valence electrons. The molecule has 2 aromatic rings. The molecule has 3 atom stereocenters. The third-order valence-corrected chi connectivity index (χ3v) is 4.07. The van der Waals surface area contributed by atoms with Crippen LogP contribution in [-0.2, 0) is 4.74 Å². The minimum atomic E-state index is -0.726. The van der Waals surface area contributed by atoms with Crippen LogP contribution in [-0.4, -0.2) is 56.4 Å². The van der Waals surface area contributed by atoms with E-state index in [1.54, 1.807) is 22.8 Å². The highest BCUT2D eigenvalue weighted by Crippen LogP contribution is 2.36. The minimum absolute atomic E-state index is 0.133. The Hall–Kier alpha value is -2.23. The van der Waals surface area contributed by atoms with E-state index in [9.17, 15) is 10.2 Å². The largest absolute Gasteiger partial charge is 0.394 e. The lowest BCUT2D eigenvalue weighted by molar-refractivity contribution is -0.0484. The molecule has 0 bridgehead atoms. The Kier molecular flexibility index (Phi) is 2.83. The van der Waals surface area contributed by atoms with E-state index in [1.165, 1.54) is 6.33 Å². The summed E-state index contributed by atoms with van der Waals surface area (Å²) in [7, 11) is 1.76. The molecule has 2 aliphatic heterocycles. The van der Waals surface area contributed by atoms with Gasteiger partial charge in [-0.25, -0.2) is 15.0 Å². The molecule has 4 N–H and O–H groups in total. The van der Waals surface area contributed by atoms with Crippen molar-refractivity contribution in [1.29, 1.82) is 0 Å². The van der Waals surface area contributed by atoms with Crippen LogP contribution in [0.1, 0.15) is 18.2 Å². The van der Waals surface area contributed by atoms with Crippen LogP contribution in [0.3, 0.4) is 0 Å². The van der Waals surface area contributed by atoms with Crippen molar-refractivity contribution in [3.63, 3.8) is 0 Å². The molecule has 0 aliphatic carbocycles. The van der Waals surface area contributed by atoms with E-state index in [0.29, 0.717) is 29.3 Å². The van der Waals surface area contributed by atoms with Crippen molar-refractivity contribution in [1.82, 2.24) is 14.5 Å². The second-order valence-corrected chi connectivity index (χ2v) is 5.49. The number of hydrogen-bond donors (Lipinski definition) is 3. The monoisotopic (exact) mass is 304 g/mol. The van der Waals surface area contributed by atoms with Gasteiger partial charge in [0.15, 0.2) is 17.9 Å². The van der Waals surface area contributed by atoms with Crippen LogP contribution in [0.15, 0.2) is 17.6 Å². The van der Waals surface area contributed by atoms with Crippen molar-refractivity contribution in [3.8, 4) is 0 Å². The van der Waals surface area contributed by atoms with Gasteiger partial charge in [0, 0.05) is 25.2 Å². The van der Waals surface area contributed by atoms with E-state index in [0.717, 1.165) is 5.39 Å². The van der Waals surface area contributed by atoms with E-state index in [4.69, 9.17) is 10.5 Å². The molecule has 0 radical (unpaired) electrons. The van der Waals surface area contributed by atoms with Crippen molar-refractivity contribution in [3.05, 3.63) is 18.1 Å². The number of amidine groups is 1. The van der Waals surface area contributed by atoms with E-state index < -0.39 is 12.3 Å². The van der Waals surface area contributed by atoms with Crippen LogP contribution in [0, 0.1) is 0 Å². The van der Waals surface area contributed by atoms with Gasteiger partial charge in [-0.2, -0.15) is 5.10 Å². The number of aliphatic hydroxyl groups is 2. The Balaban J connectivity index is 1.90. The van der Waals surface area contributed by atoms with Gasteiger partial charge in [0.2, 0.25) is 0 Å². The highest BCUT2D eigenvalue weighted by atomic mass is 16.5. The summed E-state index contributed by atoms with van der Waals surface area (Å²) >= 11 is 0. The van der Waals surface area contributed by atoms with Gasteiger partial charge in [0.05, 0.1) is 18.1 Å². The second-order valence-electron chi connectivity index (χ2n) is 5.49. The van der Waals surface area contributed by atoms with Gasteiger partial charge >= 0.3 is 0 Å². The number of aliphatic hydroxyl groups excluding tert-OH is 2. The maximum Gasteiger partial charge on any atom is 0.162 e. The maximum absolute atomic E-state index is 10.2. The Morgan fingerprint density at radius 1 is 1.45 bits per heavy atom. The fraction of sp³-hybridized carbons (Fsp3) is 0.462. The average molecular weight is 304 g/mol. The first-order valence-corrected chi connectivity index (χ1v) is 6.98. The molecular weight excluding hydrogens is 288 g/mol. The average Bonchev–Trinajstić information content (AvgIpc) is 3.06. The first-order chi connectivity index (χ1) is 10.6. The van der Waals surface area contributed by atoms with Gasteiger partial charge in [-0.3, -0.25) is 0 Å². The Bertz CT molecular complexity index is 772. The highest BCUT2D eigenvalue weighted by Gasteiger charge is 2.37. The third-order valence-electron chi connectivity index (χ3n) is 4.07. The molecule has 1 fully saturated rings. The van der Waals surface area contributed by atoms with Crippen molar-refractivity contribution in [2.24, 2.45) is 10.8 Å². The number of ether oxygens (including phenoxy) is 1. The standard InChI is InChI=1S/C13H16N6O3/c1-18-11-9-7(10(14)17-18)3-19(12(9)16-5-15-11)13-8(21)2-6(4-20)22-13/h3,5-6,8,13,20-21H,2,4H2,1H3,(H2,14,17). The second kappa shape index (κ2) is 4.63. The topological polar surface area (TPSA) is 122 Å². The maximum atomic E-state index is 10.2. The molecule has 0 amide bonds. The molecule has 2 aliphatic rings. The van der Waals surface area contributed by atoms with Gasteiger partial charge in [-0.05, 0) is 0 Å². The molecule has 3 unspecified atom stereocenters. The van der Waals surface area contributed by atoms with Crippen molar-refractivity contribution in [2.45, 2.75) is 24.9 Å². The lowest BCUT2D eigenvalue weighted by Crippen LogP contribution is -2.25. The predicted octanol–water partition coefficient (Wildman–Crippen LogP) is -0.858. The Morgan fingerprint density at radius 3 is 3.00 bits per heavy atom. The van der Waals surface area contributed by atoms with Gasteiger partial charge in [-0.15, -0.1) is 0 Å². The molecule has 2 aromatic heterocycles. The molecule has 4 heterocycles. The van der Waals surface area contributed by atoms with Crippen molar-refractivity contribution in [2.75, 3.05) is 18.7 Å². The molecule has 0 aromatic carbocycles. The summed E-state index contributed by atoms with van der Waals surface area (Å²) < 4.78 is 7.44. The van der Waals surface area contributed by atoms with Crippen LogP contribution in [0.2, 0.25) is 0 Å². The summed E-state index contributed by atoms with van der Waals surface area (Å²) in [6.07, 6.45) is 1.85. The van der Waals surface area contributed by atoms with Gasteiger partial charge in [-0.1, -0.05) is 0 Å². The van der Waals surface area contributed by atoms with E-state index in [1.807, 2.05) is 0 Å². The molecule has 0 spiro atoms. The molecule has 9 heteroatoms. The molecule has 9 nitrogen and oxygen atoms in total. The molecule has 0 saturated carbocycles. The zero-order chi connectivity index (χ0) is 15.4. The SMILES string of the molecule is CN1N=C(N)c2cn(C3OC(CO)CC3O)c3ncnc1c23. The summed E-state index contributed by atoms with van der Waals surface area (Å²) in [6.45, 7) is -0.133. The van der Waals surface area contributed by atoms with E-state index in [-0.39, 0.29) is 12.7 Å². The number of hydrogen-bond acceptors (Lipinski definition) is 8. The Morgan fingerprint density at radius 2 is 2.27 bits per heavy atom. The van der Waals surface area contributed by atoms with Crippen LogP contribution in [0.4, 0.5) is 5.82 Å². The zero-order valence-corrected chi connectivity index (χ0v) is 11.9. The van der Waals surface area contributed by atoms with Crippen molar-refractivity contribution < 1.29 is 14.9 Å². The number of rotatable bonds is 2. The summed E-state index contributed by atoms with van der Waals surface area (Å²) in [5.74, 6) is 1.01. The smallest absolute Gasteiger partial charge is 0.162 e. The number of nitrogens with zero attached hydrogens (tertiary/aromatic N) is 5. The fourth-order valence-corrected chi connectivity index (χ4v) is 3.06. The van der Waals surface area contributed by atoms with Gasteiger partial charge < -0.3 is 25.3 Å². The van der Waals surface area contributed by atoms with Crippen molar-refractivity contribution >= 4 is 22.7 Å². The predicted molar refractivity (Wildman–Crippen MR) is 78.3 cm³/mol. The summed E-state index contributed by atoms with van der Waals surface area (Å²) in [6, 6.07) is 0. The van der Waals surface area contributed by atoms with Crippen LogP contribution in [0.5, 0.6) is 0 Å². The summed E-state index contributed by atoms with van der Waals surface area (Å²) in [5.41, 5.74) is 7.32. The zero-order valence-electron chi connectivity index (χ0n) is 11.9. The van der Waals surface area contributed by atoms with E-state index in [2.05, 4.69) is 15.1 Å². The lowest BCUT2D eigenvalue weighted by atomic mass is 10.2. The number of nitrogens with two attached hydrogens (primary N) is 1. The highest BCUT2D eigenvalue weighted by molar-refractivity contribution is 6.13. The van der Waals surface area contributed by atoms with E-state index >= 15 is 0 Å². The minimum Gasteiger partial charge on any atom is -0.394 e. The van der Waals surface area contributed by atoms with Gasteiger partial charge in [0.1, 0.15) is 18.1 Å². The lowest BCUT2D eigenvalue weighted by Gasteiger charge is -2.19. The number of anilines is 1. The fourth-order valence-electron chi connectivity index (χ4n) is 3.06. The summed E-state index contributed by atoms with van der Waals surface area (Å²) in [4.78, 5) is 8.54. The number of hydrazone groups is 1. The first kappa shape index (κ1) is 13.4. The van der Waals surface area contributed by atoms with Crippen LogP contribution in [0.25, 0.3) is 11.0 Å². The van der Waals surface area contributed by atoms with Crippen LogP contribution < -0.4 is 10.7 Å². The summed E-state index contributed by atoms with van der Waals surface area (Å²) in [5, 5.41) is 26.0. The molecular formula is C13H16N6O3. The normalized spacial score (nSPS) is 27.5. The molecule has 22 heavy (non-hydrogen) atoms. The Labute approximate surface area is 125 Å². The molecule has 1 saturated heterocycles. The quantitative estimate of drug-likeness (QED) is 0.660. The molecule has 4 rings (SSSR count). The van der Waals surface area contributed by atoms with Gasteiger partial charge in [0.25, 0.3) is 0 Å². The first-order valence-electron chi connectivity index (χ1n) is 6.98. The van der Waals surface area contributed by atoms with Crippen LogP contribution >= 0.6 is 0 Å².